The summed E-state index contributed by atoms with van der Waals surface area (Å²) in [7, 11) is 0. The van der Waals surface area contributed by atoms with Gasteiger partial charge in [0.1, 0.15) is 6.10 Å². The maximum Gasteiger partial charge on any atom is 0.306 e. The molecule has 1 unspecified atom stereocenters. The normalized spacial score (nSPS) is 12.9. The van der Waals surface area contributed by atoms with Crippen LogP contribution in [0.15, 0.2) is 0 Å². The minimum atomic E-state index is -0.0359. The molecule has 0 aromatic rings. The predicted molar refractivity (Wildman–Crippen MR) is 59.2 cm³/mol. The van der Waals surface area contributed by atoms with Gasteiger partial charge in [0.05, 0.1) is 0 Å². The molecule has 0 aliphatic carbocycles. The molecule has 0 aliphatic rings. The van der Waals surface area contributed by atoms with Crippen molar-refractivity contribution in [2.75, 3.05) is 0 Å². The molecule has 0 aliphatic heterocycles. The van der Waals surface area contributed by atoms with Crippen LogP contribution in [-0.4, -0.2) is 12.1 Å². The van der Waals surface area contributed by atoms with Crippen molar-refractivity contribution in [2.24, 2.45) is 5.92 Å². The fraction of sp³-hybridized carbons (Fsp3) is 0.917. The van der Waals surface area contributed by atoms with Crippen LogP contribution >= 0.6 is 0 Å². The monoisotopic (exact) mass is 200 g/mol. The van der Waals surface area contributed by atoms with Crippen LogP contribution < -0.4 is 0 Å². The number of ether oxygens (including phenoxy) is 1. The third-order valence-electron chi connectivity index (χ3n) is 2.76. The third-order valence-corrected chi connectivity index (χ3v) is 2.76. The zero-order valence-electron chi connectivity index (χ0n) is 10.0. The van der Waals surface area contributed by atoms with Crippen LogP contribution in [0.25, 0.3) is 0 Å². The summed E-state index contributed by atoms with van der Waals surface area (Å²) in [6, 6.07) is 0. The zero-order chi connectivity index (χ0) is 11.0. The van der Waals surface area contributed by atoms with Gasteiger partial charge in [-0.1, -0.05) is 27.2 Å². The Bertz CT molecular complexity index is 150. The summed E-state index contributed by atoms with van der Waals surface area (Å²) < 4.78 is 5.36. The van der Waals surface area contributed by atoms with Crippen molar-refractivity contribution in [1.82, 2.24) is 0 Å². The SMILES string of the molecule is CCCCC(=O)OC(C)C(CC)CC. The Labute approximate surface area is 88.0 Å². The minimum absolute atomic E-state index is 0.0359. The molecule has 2 nitrogen and oxygen atoms in total. The first-order valence-corrected chi connectivity index (χ1v) is 5.85. The van der Waals surface area contributed by atoms with Gasteiger partial charge < -0.3 is 4.74 Å². The number of rotatable bonds is 7. The fourth-order valence-electron chi connectivity index (χ4n) is 1.64. The lowest BCUT2D eigenvalue weighted by molar-refractivity contribution is -0.151. The van der Waals surface area contributed by atoms with Crippen LogP contribution in [0.3, 0.4) is 0 Å². The van der Waals surface area contributed by atoms with Crippen molar-refractivity contribution < 1.29 is 9.53 Å². The molecule has 0 saturated heterocycles. The molecule has 0 heterocycles. The molecule has 0 amide bonds. The van der Waals surface area contributed by atoms with Crippen molar-refractivity contribution in [3.63, 3.8) is 0 Å². The summed E-state index contributed by atoms with van der Waals surface area (Å²) in [6.07, 6.45) is 4.80. The quantitative estimate of drug-likeness (QED) is 0.587. The number of hydrogen-bond acceptors (Lipinski definition) is 2. The van der Waals surface area contributed by atoms with Crippen LogP contribution in [0, 0.1) is 5.92 Å². The second-order valence-corrected chi connectivity index (χ2v) is 3.88. The van der Waals surface area contributed by atoms with Crippen LogP contribution in [0.1, 0.15) is 59.8 Å². The van der Waals surface area contributed by atoms with E-state index in [0.29, 0.717) is 12.3 Å². The van der Waals surface area contributed by atoms with Gasteiger partial charge in [0.15, 0.2) is 0 Å². The van der Waals surface area contributed by atoms with E-state index < -0.39 is 0 Å². The lowest BCUT2D eigenvalue weighted by Crippen LogP contribution is -2.23. The van der Waals surface area contributed by atoms with Crippen LogP contribution in [-0.2, 0) is 9.53 Å². The number of esters is 1. The average Bonchev–Trinajstić information content (AvgIpc) is 2.16. The highest BCUT2D eigenvalue weighted by atomic mass is 16.5. The van der Waals surface area contributed by atoms with E-state index in [0.717, 1.165) is 25.7 Å². The van der Waals surface area contributed by atoms with Crippen molar-refractivity contribution in [3.8, 4) is 0 Å². The molecule has 0 aromatic heterocycles. The lowest BCUT2D eigenvalue weighted by Gasteiger charge is -2.21. The molecule has 0 bridgehead atoms. The topological polar surface area (TPSA) is 26.3 Å². The van der Waals surface area contributed by atoms with Gasteiger partial charge in [-0.05, 0) is 32.1 Å². The largest absolute Gasteiger partial charge is 0.462 e. The standard InChI is InChI=1S/C12H24O2/c1-5-8-9-12(13)14-10(4)11(6-2)7-3/h10-11H,5-9H2,1-4H3. The number of hydrogen-bond donors (Lipinski definition) is 0. The molecule has 0 saturated carbocycles. The second-order valence-electron chi connectivity index (χ2n) is 3.88. The maximum absolute atomic E-state index is 11.3. The first-order chi connectivity index (χ1) is 6.65. The van der Waals surface area contributed by atoms with E-state index in [9.17, 15) is 4.79 Å². The van der Waals surface area contributed by atoms with Gasteiger partial charge in [0.25, 0.3) is 0 Å². The Morgan fingerprint density at radius 1 is 1.21 bits per heavy atom. The van der Waals surface area contributed by atoms with Gasteiger partial charge in [-0.15, -0.1) is 0 Å². The zero-order valence-corrected chi connectivity index (χ0v) is 10.0. The third kappa shape index (κ3) is 5.25. The van der Waals surface area contributed by atoms with E-state index in [4.69, 9.17) is 4.74 Å². The molecule has 84 valence electrons. The average molecular weight is 200 g/mol. The van der Waals surface area contributed by atoms with Gasteiger partial charge in [-0.25, -0.2) is 0 Å². The van der Waals surface area contributed by atoms with Gasteiger partial charge in [0, 0.05) is 6.42 Å². The smallest absolute Gasteiger partial charge is 0.306 e. The maximum atomic E-state index is 11.3. The van der Waals surface area contributed by atoms with Crippen molar-refractivity contribution in [2.45, 2.75) is 65.9 Å². The van der Waals surface area contributed by atoms with E-state index in [2.05, 4.69) is 20.8 Å². The number of unbranched alkanes of at least 4 members (excludes halogenated alkanes) is 1. The summed E-state index contributed by atoms with van der Waals surface area (Å²) in [6.45, 7) is 8.37. The highest BCUT2D eigenvalue weighted by Gasteiger charge is 2.17. The Hall–Kier alpha value is -0.530. The first kappa shape index (κ1) is 13.5. The van der Waals surface area contributed by atoms with Crippen molar-refractivity contribution >= 4 is 5.97 Å². The summed E-state index contributed by atoms with van der Waals surface area (Å²) in [5.41, 5.74) is 0. The Morgan fingerprint density at radius 2 is 1.79 bits per heavy atom. The molecule has 0 spiro atoms. The summed E-state index contributed by atoms with van der Waals surface area (Å²) >= 11 is 0. The molecule has 0 rings (SSSR count). The van der Waals surface area contributed by atoms with E-state index >= 15 is 0 Å². The number of carbonyl (C=O) groups excluding carboxylic acids is 1. The first-order valence-electron chi connectivity index (χ1n) is 5.85. The van der Waals surface area contributed by atoms with Gasteiger partial charge in [-0.2, -0.15) is 0 Å². The van der Waals surface area contributed by atoms with Crippen LogP contribution in [0.4, 0.5) is 0 Å². The molecule has 0 radical (unpaired) electrons. The van der Waals surface area contributed by atoms with Crippen molar-refractivity contribution in [3.05, 3.63) is 0 Å². The molecule has 0 N–H and O–H groups in total. The van der Waals surface area contributed by atoms with Crippen LogP contribution in [0.2, 0.25) is 0 Å². The van der Waals surface area contributed by atoms with Crippen molar-refractivity contribution in [1.29, 1.82) is 0 Å². The van der Waals surface area contributed by atoms with E-state index in [1.165, 1.54) is 0 Å². The Morgan fingerprint density at radius 3 is 2.21 bits per heavy atom. The highest BCUT2D eigenvalue weighted by molar-refractivity contribution is 5.69. The van der Waals surface area contributed by atoms with E-state index in [1.807, 2.05) is 6.92 Å². The summed E-state index contributed by atoms with van der Waals surface area (Å²) in [5.74, 6) is 0.479. The fourth-order valence-corrected chi connectivity index (χ4v) is 1.64. The molecule has 0 fully saturated rings. The molecule has 2 heteroatoms. The molecule has 0 aromatic carbocycles. The van der Waals surface area contributed by atoms with E-state index in [1.54, 1.807) is 0 Å². The predicted octanol–water partition coefficient (Wildman–Crippen LogP) is 3.54. The van der Waals surface area contributed by atoms with E-state index in [-0.39, 0.29) is 12.1 Å². The molecular formula is C12H24O2. The lowest BCUT2D eigenvalue weighted by atomic mass is 9.98. The van der Waals surface area contributed by atoms with Gasteiger partial charge in [0.2, 0.25) is 0 Å². The summed E-state index contributed by atoms with van der Waals surface area (Å²) in [5, 5.41) is 0. The molecule has 14 heavy (non-hydrogen) atoms. The Kier molecular flexibility index (Phi) is 7.54. The Balaban J connectivity index is 3.79. The van der Waals surface area contributed by atoms with Gasteiger partial charge >= 0.3 is 5.97 Å². The van der Waals surface area contributed by atoms with Crippen LogP contribution in [0.5, 0.6) is 0 Å². The minimum Gasteiger partial charge on any atom is -0.462 e. The molecule has 1 atom stereocenters. The summed E-state index contributed by atoms with van der Waals surface area (Å²) in [4.78, 5) is 11.3. The molecular weight excluding hydrogens is 176 g/mol. The number of carbonyl (C=O) groups is 1. The van der Waals surface area contributed by atoms with Gasteiger partial charge in [-0.3, -0.25) is 4.79 Å². The highest BCUT2D eigenvalue weighted by Crippen LogP contribution is 2.16. The second kappa shape index (κ2) is 7.84.